The van der Waals surface area contributed by atoms with Gasteiger partial charge in [0.1, 0.15) is 5.82 Å². The molecule has 10 heteroatoms. The third-order valence-corrected chi connectivity index (χ3v) is 7.02. The van der Waals surface area contributed by atoms with E-state index in [0.29, 0.717) is 50.3 Å². The summed E-state index contributed by atoms with van der Waals surface area (Å²) in [5.41, 5.74) is 4.24. The third-order valence-electron chi connectivity index (χ3n) is 5.93. The fourth-order valence-electron chi connectivity index (χ4n) is 4.06. The molecule has 2 N–H and O–H groups in total. The van der Waals surface area contributed by atoms with Crippen molar-refractivity contribution in [1.82, 2.24) is 9.97 Å². The van der Waals surface area contributed by atoms with Crippen molar-refractivity contribution in [2.24, 2.45) is 0 Å². The van der Waals surface area contributed by atoms with Crippen LogP contribution in [0.5, 0.6) is 0 Å². The van der Waals surface area contributed by atoms with Crippen LogP contribution in [0.3, 0.4) is 0 Å². The first kappa shape index (κ1) is 24.9. The summed E-state index contributed by atoms with van der Waals surface area (Å²) in [6.07, 6.45) is 2.87. The molecule has 35 heavy (non-hydrogen) atoms. The number of aryl methyl sites for hydroxylation is 1. The minimum Gasteiger partial charge on any atom is -0.392 e. The summed E-state index contributed by atoms with van der Waals surface area (Å²) in [5.74, 6) is 1.05. The van der Waals surface area contributed by atoms with Crippen LogP contribution in [-0.4, -0.2) is 62.6 Å². The standard InChI is InChI=1S/C25H31N5O4S/c1-4-30(23-13-19(17-31)6-5-18(23)2)24-7-8-26-25(28-24)27-20-14-21(29-9-11-34-12-10-29)16-22(15-20)35(3,32)33/h5-8,13-16,31H,4,9-12,17H2,1-3H3,(H,26,27,28). The number of anilines is 5. The molecule has 0 radical (unpaired) electrons. The lowest BCUT2D eigenvalue weighted by atomic mass is 10.1. The Hall–Kier alpha value is -3.21. The summed E-state index contributed by atoms with van der Waals surface area (Å²) in [7, 11) is -3.42. The Morgan fingerprint density at radius 2 is 1.91 bits per heavy atom. The molecule has 0 aliphatic carbocycles. The van der Waals surface area contributed by atoms with Gasteiger partial charge in [0.2, 0.25) is 5.95 Å². The number of hydrogen-bond donors (Lipinski definition) is 2. The maximum absolute atomic E-state index is 12.4. The van der Waals surface area contributed by atoms with Crippen LogP contribution in [-0.2, 0) is 21.2 Å². The first-order valence-electron chi connectivity index (χ1n) is 11.5. The highest BCUT2D eigenvalue weighted by Gasteiger charge is 2.18. The van der Waals surface area contributed by atoms with Crippen molar-refractivity contribution in [1.29, 1.82) is 0 Å². The van der Waals surface area contributed by atoms with Gasteiger partial charge in [-0.1, -0.05) is 12.1 Å². The summed E-state index contributed by atoms with van der Waals surface area (Å²) >= 11 is 0. The van der Waals surface area contributed by atoms with Gasteiger partial charge in [0, 0.05) is 49.1 Å². The Bertz CT molecular complexity index is 1290. The van der Waals surface area contributed by atoms with E-state index >= 15 is 0 Å². The highest BCUT2D eigenvalue weighted by atomic mass is 32.2. The van der Waals surface area contributed by atoms with E-state index < -0.39 is 9.84 Å². The van der Waals surface area contributed by atoms with Gasteiger partial charge < -0.3 is 25.0 Å². The number of aromatic nitrogens is 2. The Labute approximate surface area is 206 Å². The zero-order valence-corrected chi connectivity index (χ0v) is 21.0. The van der Waals surface area contributed by atoms with Gasteiger partial charge in [0.25, 0.3) is 0 Å². The van der Waals surface area contributed by atoms with E-state index in [0.717, 1.165) is 22.5 Å². The van der Waals surface area contributed by atoms with Crippen LogP contribution < -0.4 is 15.1 Å². The maximum Gasteiger partial charge on any atom is 0.229 e. The summed E-state index contributed by atoms with van der Waals surface area (Å²) < 4.78 is 30.2. The van der Waals surface area contributed by atoms with Crippen molar-refractivity contribution in [3.63, 3.8) is 0 Å². The first-order chi connectivity index (χ1) is 16.8. The molecule has 4 rings (SSSR count). The van der Waals surface area contributed by atoms with Crippen molar-refractivity contribution in [2.75, 3.05) is 54.2 Å². The van der Waals surface area contributed by atoms with Gasteiger partial charge >= 0.3 is 0 Å². The molecule has 1 aliphatic heterocycles. The molecule has 1 fully saturated rings. The second-order valence-electron chi connectivity index (χ2n) is 8.47. The van der Waals surface area contributed by atoms with Crippen molar-refractivity contribution >= 4 is 38.7 Å². The summed E-state index contributed by atoms with van der Waals surface area (Å²) in [4.78, 5) is 13.5. The zero-order valence-electron chi connectivity index (χ0n) is 20.2. The van der Waals surface area contributed by atoms with Crippen LogP contribution in [0.1, 0.15) is 18.1 Å². The fraction of sp³-hybridized carbons (Fsp3) is 0.360. The predicted molar refractivity (Wildman–Crippen MR) is 138 cm³/mol. The Morgan fingerprint density at radius 1 is 1.14 bits per heavy atom. The van der Waals surface area contributed by atoms with Gasteiger partial charge in [0.05, 0.1) is 24.7 Å². The molecular formula is C25H31N5O4S. The monoisotopic (exact) mass is 497 g/mol. The second-order valence-corrected chi connectivity index (χ2v) is 10.5. The molecule has 1 saturated heterocycles. The lowest BCUT2D eigenvalue weighted by molar-refractivity contribution is 0.122. The molecule has 0 spiro atoms. The number of rotatable bonds is 8. The smallest absolute Gasteiger partial charge is 0.229 e. The Kier molecular flexibility index (Phi) is 7.54. The summed E-state index contributed by atoms with van der Waals surface area (Å²) in [6, 6.07) is 12.9. The van der Waals surface area contributed by atoms with E-state index in [1.807, 2.05) is 49.1 Å². The number of morpholine rings is 1. The van der Waals surface area contributed by atoms with Crippen LogP contribution in [0.4, 0.5) is 28.8 Å². The van der Waals surface area contributed by atoms with Gasteiger partial charge in [-0.15, -0.1) is 0 Å². The molecular weight excluding hydrogens is 466 g/mol. The first-order valence-corrected chi connectivity index (χ1v) is 13.4. The van der Waals surface area contributed by atoms with Gasteiger partial charge in [0.15, 0.2) is 9.84 Å². The number of nitrogens with zero attached hydrogens (tertiary/aromatic N) is 4. The summed E-state index contributed by atoms with van der Waals surface area (Å²) in [6.45, 7) is 7.25. The molecule has 3 aromatic rings. The van der Waals surface area contributed by atoms with E-state index in [1.54, 1.807) is 18.3 Å². The van der Waals surface area contributed by atoms with Crippen LogP contribution in [0.2, 0.25) is 0 Å². The van der Waals surface area contributed by atoms with E-state index in [2.05, 4.69) is 15.2 Å². The van der Waals surface area contributed by atoms with Gasteiger partial charge in [-0.05, 0) is 55.3 Å². The lowest BCUT2D eigenvalue weighted by Gasteiger charge is -2.29. The van der Waals surface area contributed by atoms with Crippen LogP contribution in [0.25, 0.3) is 0 Å². The van der Waals surface area contributed by atoms with Gasteiger partial charge in [-0.2, -0.15) is 4.98 Å². The lowest BCUT2D eigenvalue weighted by Crippen LogP contribution is -2.36. The highest BCUT2D eigenvalue weighted by Crippen LogP contribution is 2.30. The zero-order chi connectivity index (χ0) is 25.0. The SMILES string of the molecule is CCN(c1ccnc(Nc2cc(N3CCOCC3)cc(S(C)(=O)=O)c2)n1)c1cc(CO)ccc1C. The normalized spacial score (nSPS) is 14.1. The van der Waals surface area contributed by atoms with Crippen molar-refractivity contribution < 1.29 is 18.3 Å². The Balaban J connectivity index is 1.67. The summed E-state index contributed by atoms with van der Waals surface area (Å²) in [5, 5.41) is 12.8. The molecule has 2 heterocycles. The van der Waals surface area contributed by atoms with Gasteiger partial charge in [-0.25, -0.2) is 13.4 Å². The fourth-order valence-corrected chi connectivity index (χ4v) is 4.74. The molecule has 186 valence electrons. The van der Waals surface area contributed by atoms with Crippen molar-refractivity contribution in [2.45, 2.75) is 25.3 Å². The van der Waals surface area contributed by atoms with Crippen molar-refractivity contribution in [3.05, 3.63) is 59.8 Å². The largest absolute Gasteiger partial charge is 0.392 e. The Morgan fingerprint density at radius 3 is 2.60 bits per heavy atom. The molecule has 0 amide bonds. The van der Waals surface area contributed by atoms with Crippen LogP contribution >= 0.6 is 0 Å². The molecule has 0 bridgehead atoms. The number of hydrogen-bond acceptors (Lipinski definition) is 9. The molecule has 1 aromatic heterocycles. The van der Waals surface area contributed by atoms with E-state index in [4.69, 9.17) is 9.72 Å². The average Bonchev–Trinajstić information content (AvgIpc) is 2.86. The molecule has 1 aliphatic rings. The number of nitrogens with one attached hydrogen (secondary N) is 1. The highest BCUT2D eigenvalue weighted by molar-refractivity contribution is 7.90. The number of sulfone groups is 1. The molecule has 0 saturated carbocycles. The third kappa shape index (κ3) is 5.90. The molecule has 2 aromatic carbocycles. The predicted octanol–water partition coefficient (Wildman–Crippen LogP) is 3.42. The maximum atomic E-state index is 12.4. The number of aliphatic hydroxyl groups excluding tert-OH is 1. The second kappa shape index (κ2) is 10.6. The minimum absolute atomic E-state index is 0.0381. The van der Waals surface area contributed by atoms with Crippen molar-refractivity contribution in [3.8, 4) is 0 Å². The number of benzene rings is 2. The quantitative estimate of drug-likeness (QED) is 0.484. The minimum atomic E-state index is -3.42. The average molecular weight is 498 g/mol. The van der Waals surface area contributed by atoms with Gasteiger partial charge in [-0.3, -0.25) is 0 Å². The van der Waals surface area contributed by atoms with E-state index in [1.165, 1.54) is 6.26 Å². The molecule has 0 unspecified atom stereocenters. The number of aliphatic hydroxyl groups is 1. The number of ether oxygens (including phenoxy) is 1. The van der Waals surface area contributed by atoms with Crippen LogP contribution in [0, 0.1) is 6.92 Å². The topological polar surface area (TPSA) is 108 Å². The molecule has 9 nitrogen and oxygen atoms in total. The molecule has 0 atom stereocenters. The van der Waals surface area contributed by atoms with Crippen LogP contribution in [0.15, 0.2) is 53.6 Å². The van der Waals surface area contributed by atoms with E-state index in [9.17, 15) is 13.5 Å². The van der Waals surface area contributed by atoms with E-state index in [-0.39, 0.29) is 11.5 Å².